The molecule has 1 aromatic rings. The summed E-state index contributed by atoms with van der Waals surface area (Å²) in [5, 5.41) is 10.4. The molecular weight excluding hydrogens is 443 g/mol. The van der Waals surface area contributed by atoms with E-state index in [1.807, 2.05) is 24.3 Å². The molecule has 1 nitrogen and oxygen atoms in total. The van der Waals surface area contributed by atoms with E-state index in [9.17, 15) is 5.11 Å². The molecule has 0 saturated heterocycles. The summed E-state index contributed by atoms with van der Waals surface area (Å²) in [7, 11) is 0. The molecule has 1 radical (unpaired) electrons. The van der Waals surface area contributed by atoms with E-state index < -0.39 is 0 Å². The Hall–Kier alpha value is -0.847. The maximum atomic E-state index is 10.4. The predicted molar refractivity (Wildman–Crippen MR) is 113 cm³/mol. The largest absolute Gasteiger partial charge is 3.00 e. The molecule has 0 atom stereocenters. The van der Waals surface area contributed by atoms with Gasteiger partial charge < -0.3 is 17.5 Å². The SMILES string of the molecule is Cc1cc(C(C)(C)C)c(O)c(C(C)(C)C)c1.[C-]1=CC=CC1.[C-]1=CC=CC1.[Cl-].[Zr+3]. The number of halogens is 1. The van der Waals surface area contributed by atoms with Gasteiger partial charge in [0.2, 0.25) is 0 Å². The zero-order chi connectivity index (χ0) is 19.8. The molecule has 0 heterocycles. The van der Waals surface area contributed by atoms with E-state index >= 15 is 0 Å². The van der Waals surface area contributed by atoms with E-state index in [1.54, 1.807) is 0 Å². The number of aryl methyl sites for hydroxylation is 1. The van der Waals surface area contributed by atoms with Gasteiger partial charge in [-0.05, 0) is 28.9 Å². The van der Waals surface area contributed by atoms with Gasteiger partial charge in [-0.25, -0.2) is 24.3 Å². The second-order valence-electron chi connectivity index (χ2n) is 8.71. The molecule has 0 aliphatic heterocycles. The molecular formula is C25H34ClOZr. The van der Waals surface area contributed by atoms with Crippen molar-refractivity contribution in [2.45, 2.75) is 72.1 Å². The van der Waals surface area contributed by atoms with Crippen LogP contribution < -0.4 is 12.4 Å². The first kappa shape index (κ1) is 29.4. The first-order chi connectivity index (χ1) is 12.0. The van der Waals surface area contributed by atoms with Crippen LogP contribution in [0.15, 0.2) is 48.6 Å². The van der Waals surface area contributed by atoms with Crippen LogP contribution >= 0.6 is 0 Å². The molecule has 0 bridgehead atoms. The van der Waals surface area contributed by atoms with Gasteiger partial charge in [0.1, 0.15) is 5.75 Å². The van der Waals surface area contributed by atoms with Crippen LogP contribution in [-0.4, -0.2) is 5.11 Å². The number of aromatic hydroxyl groups is 1. The van der Waals surface area contributed by atoms with E-state index in [2.05, 4.69) is 84.9 Å². The number of allylic oxidation sites excluding steroid dienone is 8. The van der Waals surface area contributed by atoms with E-state index in [0.29, 0.717) is 5.75 Å². The summed E-state index contributed by atoms with van der Waals surface area (Å²) in [6, 6.07) is 4.18. The van der Waals surface area contributed by atoms with Gasteiger partial charge >= 0.3 is 26.2 Å². The van der Waals surface area contributed by atoms with Crippen molar-refractivity contribution in [1.29, 1.82) is 0 Å². The fourth-order valence-corrected chi connectivity index (χ4v) is 2.60. The van der Waals surface area contributed by atoms with E-state index in [0.717, 1.165) is 24.0 Å². The first-order valence-electron chi connectivity index (χ1n) is 9.31. The van der Waals surface area contributed by atoms with Crippen LogP contribution in [0.1, 0.15) is 71.1 Å². The second-order valence-corrected chi connectivity index (χ2v) is 8.71. The number of phenolic OH excluding ortho intramolecular Hbond substituents is 1. The standard InChI is InChI=1S/C15H24O.2C5H5.ClH.Zr/c1-10-8-11(14(2,3)4)13(16)12(9-10)15(5,6)7;2*1-2-4-5-3-1;;/h8-9,16H,1-7H3;2*1-3H,4H2;1H;/q;2*-1;;+3/p-1. The summed E-state index contributed by atoms with van der Waals surface area (Å²) >= 11 is 0. The van der Waals surface area contributed by atoms with Gasteiger partial charge in [-0.2, -0.15) is 12.2 Å². The van der Waals surface area contributed by atoms with Gasteiger partial charge in [0.25, 0.3) is 0 Å². The molecule has 0 fully saturated rings. The van der Waals surface area contributed by atoms with E-state index in [-0.39, 0.29) is 49.4 Å². The molecule has 0 aromatic heterocycles. The van der Waals surface area contributed by atoms with Gasteiger partial charge in [-0.3, -0.25) is 12.2 Å². The molecule has 28 heavy (non-hydrogen) atoms. The molecule has 2 aliphatic rings. The van der Waals surface area contributed by atoms with Crippen molar-refractivity contribution < 1.29 is 43.7 Å². The Balaban J connectivity index is 0. The normalized spacial score (nSPS) is 13.7. The average molecular weight is 477 g/mol. The van der Waals surface area contributed by atoms with Crippen LogP contribution in [0.2, 0.25) is 0 Å². The van der Waals surface area contributed by atoms with Crippen LogP contribution in [0.25, 0.3) is 0 Å². The Labute approximate surface area is 198 Å². The van der Waals surface area contributed by atoms with Crippen LogP contribution in [-0.2, 0) is 37.0 Å². The van der Waals surface area contributed by atoms with Crippen molar-refractivity contribution >= 4 is 0 Å². The number of rotatable bonds is 0. The molecule has 1 aromatic carbocycles. The minimum absolute atomic E-state index is 0. The molecule has 0 spiro atoms. The Morgan fingerprint density at radius 3 is 1.32 bits per heavy atom. The fourth-order valence-electron chi connectivity index (χ4n) is 2.60. The van der Waals surface area contributed by atoms with Gasteiger partial charge in [0.05, 0.1) is 0 Å². The number of hydrogen-bond donors (Lipinski definition) is 1. The Kier molecular flexibility index (Phi) is 14.0. The van der Waals surface area contributed by atoms with Gasteiger partial charge in [0.15, 0.2) is 0 Å². The second kappa shape index (κ2) is 13.4. The quantitative estimate of drug-likeness (QED) is 0.563. The molecule has 0 amide bonds. The minimum atomic E-state index is -0.0178. The summed E-state index contributed by atoms with van der Waals surface area (Å²) in [6.07, 6.45) is 20.0. The monoisotopic (exact) mass is 475 g/mol. The third-order valence-electron chi connectivity index (χ3n) is 4.04. The molecule has 0 unspecified atom stereocenters. The number of phenols is 1. The van der Waals surface area contributed by atoms with Gasteiger partial charge in [0, 0.05) is 0 Å². The van der Waals surface area contributed by atoms with Crippen LogP contribution in [0, 0.1) is 19.1 Å². The van der Waals surface area contributed by atoms with Crippen LogP contribution in [0.4, 0.5) is 0 Å². The summed E-state index contributed by atoms with van der Waals surface area (Å²) in [5.74, 6) is 0.464. The van der Waals surface area contributed by atoms with Crippen molar-refractivity contribution in [2.75, 3.05) is 0 Å². The number of hydrogen-bond acceptors (Lipinski definition) is 1. The molecule has 3 rings (SSSR count). The minimum Gasteiger partial charge on any atom is -1.00 e. The topological polar surface area (TPSA) is 20.2 Å². The molecule has 1 N–H and O–H groups in total. The van der Waals surface area contributed by atoms with Crippen molar-refractivity contribution in [3.8, 4) is 5.75 Å². The molecule has 151 valence electrons. The predicted octanol–water partition coefficient (Wildman–Crippen LogP) is 3.91. The Morgan fingerprint density at radius 1 is 0.786 bits per heavy atom. The first-order valence-corrected chi connectivity index (χ1v) is 9.31. The maximum Gasteiger partial charge on any atom is 3.00 e. The van der Waals surface area contributed by atoms with Crippen LogP contribution in [0.5, 0.6) is 5.75 Å². The van der Waals surface area contributed by atoms with Crippen LogP contribution in [0.3, 0.4) is 0 Å². The van der Waals surface area contributed by atoms with Crippen molar-refractivity contribution in [3.05, 3.63) is 77.4 Å². The summed E-state index contributed by atoms with van der Waals surface area (Å²) in [5.41, 5.74) is 3.26. The Bertz CT molecular complexity index is 621. The smallest absolute Gasteiger partial charge is 1.00 e. The van der Waals surface area contributed by atoms with Gasteiger partial charge in [-0.1, -0.05) is 59.2 Å². The Morgan fingerprint density at radius 2 is 1.14 bits per heavy atom. The fraction of sp³-hybridized carbons (Fsp3) is 0.440. The van der Waals surface area contributed by atoms with Crippen molar-refractivity contribution in [2.24, 2.45) is 0 Å². The van der Waals surface area contributed by atoms with Crippen molar-refractivity contribution in [1.82, 2.24) is 0 Å². The maximum absolute atomic E-state index is 10.4. The third-order valence-corrected chi connectivity index (χ3v) is 4.04. The molecule has 2 aliphatic carbocycles. The summed E-state index contributed by atoms with van der Waals surface area (Å²) < 4.78 is 0. The van der Waals surface area contributed by atoms with Gasteiger partial charge in [-0.15, -0.1) is 12.8 Å². The average Bonchev–Trinajstić information content (AvgIpc) is 3.25. The third kappa shape index (κ3) is 10.6. The van der Waals surface area contributed by atoms with E-state index in [1.165, 1.54) is 5.56 Å². The zero-order valence-electron chi connectivity index (χ0n) is 18.4. The molecule has 3 heteroatoms. The van der Waals surface area contributed by atoms with E-state index in [4.69, 9.17) is 0 Å². The number of benzene rings is 1. The molecule has 0 saturated carbocycles. The zero-order valence-corrected chi connectivity index (χ0v) is 21.6. The summed E-state index contributed by atoms with van der Waals surface area (Å²) in [6.45, 7) is 14.9. The van der Waals surface area contributed by atoms with Crippen molar-refractivity contribution in [3.63, 3.8) is 0 Å². The summed E-state index contributed by atoms with van der Waals surface area (Å²) in [4.78, 5) is 0.